The van der Waals surface area contributed by atoms with Gasteiger partial charge in [0.2, 0.25) is 0 Å². The third-order valence-electron chi connectivity index (χ3n) is 3.91. The Morgan fingerprint density at radius 3 is 2.72 bits per heavy atom. The van der Waals surface area contributed by atoms with Crippen LogP contribution in [0.5, 0.6) is 0 Å². The molecule has 2 aromatic rings. The van der Waals surface area contributed by atoms with Crippen molar-refractivity contribution >= 4 is 11.0 Å². The zero-order valence-electron chi connectivity index (χ0n) is 11.2. The van der Waals surface area contributed by atoms with Gasteiger partial charge >= 0.3 is 0 Å². The molecule has 0 radical (unpaired) electrons. The molecule has 0 spiro atoms. The first-order valence-corrected chi connectivity index (χ1v) is 6.95. The van der Waals surface area contributed by atoms with E-state index in [4.69, 9.17) is 4.98 Å². The highest BCUT2D eigenvalue weighted by Crippen LogP contribution is 2.28. The number of rotatable bonds is 2. The Labute approximate surface area is 108 Å². The van der Waals surface area contributed by atoms with Crippen molar-refractivity contribution in [2.24, 2.45) is 0 Å². The second-order valence-corrected chi connectivity index (χ2v) is 5.54. The molecule has 1 aliphatic heterocycles. The molecule has 0 unspecified atom stereocenters. The van der Waals surface area contributed by atoms with Crippen molar-refractivity contribution in [1.29, 1.82) is 0 Å². The molecule has 0 saturated carbocycles. The van der Waals surface area contributed by atoms with Crippen LogP contribution in [0.3, 0.4) is 0 Å². The summed E-state index contributed by atoms with van der Waals surface area (Å²) in [7, 11) is 0. The van der Waals surface area contributed by atoms with Gasteiger partial charge in [-0.1, -0.05) is 26.0 Å². The average molecular weight is 243 g/mol. The number of H-pyrrole nitrogens is 1. The maximum absolute atomic E-state index is 4.87. The molecule has 0 atom stereocenters. The minimum Gasteiger partial charge on any atom is -0.342 e. The zero-order chi connectivity index (χ0) is 12.5. The fourth-order valence-corrected chi connectivity index (χ4v) is 2.83. The summed E-state index contributed by atoms with van der Waals surface area (Å²) in [6, 6.07) is 6.46. The van der Waals surface area contributed by atoms with Crippen LogP contribution in [0.25, 0.3) is 11.0 Å². The molecule has 3 heteroatoms. The lowest BCUT2D eigenvalue weighted by Crippen LogP contribution is -2.27. The van der Waals surface area contributed by atoms with Crippen LogP contribution in [0.2, 0.25) is 0 Å². The Kier molecular flexibility index (Phi) is 3.08. The van der Waals surface area contributed by atoms with Crippen LogP contribution in [0, 0.1) is 0 Å². The molecule has 0 amide bonds. The maximum atomic E-state index is 4.87. The Morgan fingerprint density at radius 2 is 2.00 bits per heavy atom. The predicted molar refractivity (Wildman–Crippen MR) is 75.0 cm³/mol. The molecule has 2 N–H and O–H groups in total. The minimum absolute atomic E-state index is 0.526. The van der Waals surface area contributed by atoms with E-state index in [9.17, 15) is 0 Å². The molecule has 1 aromatic carbocycles. The summed E-state index contributed by atoms with van der Waals surface area (Å²) in [6.45, 7) is 6.68. The first-order valence-electron chi connectivity index (χ1n) is 6.95. The Hall–Kier alpha value is -1.35. The van der Waals surface area contributed by atoms with Crippen LogP contribution in [-0.2, 0) is 0 Å². The Bertz CT molecular complexity index is 536. The highest BCUT2D eigenvalue weighted by atomic mass is 14.9. The molecular weight excluding hydrogens is 222 g/mol. The van der Waals surface area contributed by atoms with Gasteiger partial charge in [-0.05, 0) is 43.5 Å². The molecule has 1 aromatic heterocycles. The van der Waals surface area contributed by atoms with E-state index in [1.54, 1.807) is 0 Å². The third kappa shape index (κ3) is 2.03. The van der Waals surface area contributed by atoms with Crippen molar-refractivity contribution in [2.75, 3.05) is 13.1 Å². The number of para-hydroxylation sites is 1. The lowest BCUT2D eigenvalue weighted by molar-refractivity contribution is 0.448. The van der Waals surface area contributed by atoms with Crippen molar-refractivity contribution < 1.29 is 0 Å². The van der Waals surface area contributed by atoms with Gasteiger partial charge in [0.1, 0.15) is 5.82 Å². The highest BCUT2D eigenvalue weighted by Gasteiger charge is 2.19. The topological polar surface area (TPSA) is 40.7 Å². The van der Waals surface area contributed by atoms with Crippen LogP contribution in [0.15, 0.2) is 18.2 Å². The largest absolute Gasteiger partial charge is 0.342 e. The molecule has 1 fully saturated rings. The summed E-state index contributed by atoms with van der Waals surface area (Å²) in [5.41, 5.74) is 3.71. The number of aromatic nitrogens is 2. The van der Waals surface area contributed by atoms with E-state index in [1.165, 1.54) is 35.3 Å². The summed E-state index contributed by atoms with van der Waals surface area (Å²) in [4.78, 5) is 8.40. The molecule has 2 heterocycles. The number of nitrogens with zero attached hydrogens (tertiary/aromatic N) is 1. The SMILES string of the molecule is CC(C)c1cccc2[nH]c(C3CCNCC3)nc12. The van der Waals surface area contributed by atoms with E-state index in [0.29, 0.717) is 11.8 Å². The number of fused-ring (bicyclic) bond motifs is 1. The van der Waals surface area contributed by atoms with Crippen LogP contribution < -0.4 is 5.32 Å². The van der Waals surface area contributed by atoms with E-state index in [1.807, 2.05) is 0 Å². The summed E-state index contributed by atoms with van der Waals surface area (Å²) >= 11 is 0. The monoisotopic (exact) mass is 243 g/mol. The van der Waals surface area contributed by atoms with Gasteiger partial charge in [-0.2, -0.15) is 0 Å². The molecule has 3 rings (SSSR count). The number of imidazole rings is 1. The molecule has 0 bridgehead atoms. The van der Waals surface area contributed by atoms with Gasteiger partial charge in [-0.25, -0.2) is 4.98 Å². The third-order valence-corrected chi connectivity index (χ3v) is 3.91. The maximum Gasteiger partial charge on any atom is 0.110 e. The number of piperidine rings is 1. The predicted octanol–water partition coefficient (Wildman–Crippen LogP) is 3.15. The zero-order valence-corrected chi connectivity index (χ0v) is 11.2. The second-order valence-electron chi connectivity index (χ2n) is 5.54. The summed E-state index contributed by atoms with van der Waals surface area (Å²) in [5, 5.41) is 3.41. The van der Waals surface area contributed by atoms with Crippen LogP contribution in [0.4, 0.5) is 0 Å². The summed E-state index contributed by atoms with van der Waals surface area (Å²) < 4.78 is 0. The molecule has 1 saturated heterocycles. The second kappa shape index (κ2) is 4.73. The van der Waals surface area contributed by atoms with Crippen molar-refractivity contribution in [1.82, 2.24) is 15.3 Å². The smallest absolute Gasteiger partial charge is 0.110 e. The van der Waals surface area contributed by atoms with E-state index >= 15 is 0 Å². The molecule has 3 nitrogen and oxygen atoms in total. The molecule has 96 valence electrons. The minimum atomic E-state index is 0.526. The lowest BCUT2D eigenvalue weighted by Gasteiger charge is -2.20. The summed E-state index contributed by atoms with van der Waals surface area (Å²) in [5.74, 6) is 2.30. The molecule has 1 aliphatic rings. The molecule has 18 heavy (non-hydrogen) atoms. The number of nitrogens with one attached hydrogen (secondary N) is 2. The first kappa shape index (κ1) is 11.7. The van der Waals surface area contributed by atoms with E-state index in [2.05, 4.69) is 42.3 Å². The van der Waals surface area contributed by atoms with Crippen molar-refractivity contribution in [2.45, 2.75) is 38.5 Å². The lowest BCUT2D eigenvalue weighted by atomic mass is 9.97. The summed E-state index contributed by atoms with van der Waals surface area (Å²) in [6.07, 6.45) is 2.38. The van der Waals surface area contributed by atoms with Crippen LogP contribution >= 0.6 is 0 Å². The van der Waals surface area contributed by atoms with Crippen molar-refractivity contribution in [3.05, 3.63) is 29.6 Å². The number of hydrogen-bond acceptors (Lipinski definition) is 2. The first-order chi connectivity index (χ1) is 8.75. The van der Waals surface area contributed by atoms with Crippen LogP contribution in [-0.4, -0.2) is 23.1 Å². The van der Waals surface area contributed by atoms with Gasteiger partial charge in [-0.3, -0.25) is 0 Å². The fourth-order valence-electron chi connectivity index (χ4n) is 2.83. The average Bonchev–Trinajstić information content (AvgIpc) is 2.83. The van der Waals surface area contributed by atoms with Gasteiger partial charge in [0.05, 0.1) is 11.0 Å². The van der Waals surface area contributed by atoms with Gasteiger partial charge in [0.15, 0.2) is 0 Å². The highest BCUT2D eigenvalue weighted by molar-refractivity contribution is 5.79. The van der Waals surface area contributed by atoms with Gasteiger partial charge in [0, 0.05) is 5.92 Å². The van der Waals surface area contributed by atoms with Crippen molar-refractivity contribution in [3.63, 3.8) is 0 Å². The standard InChI is InChI=1S/C15H21N3/c1-10(2)12-4-3-5-13-14(12)18-15(17-13)11-6-8-16-9-7-11/h3-5,10-11,16H,6-9H2,1-2H3,(H,17,18). The molecular formula is C15H21N3. The Morgan fingerprint density at radius 1 is 1.22 bits per heavy atom. The normalized spacial score (nSPS) is 17.7. The van der Waals surface area contributed by atoms with E-state index in [0.717, 1.165) is 13.1 Å². The number of aromatic amines is 1. The number of benzene rings is 1. The van der Waals surface area contributed by atoms with E-state index < -0.39 is 0 Å². The van der Waals surface area contributed by atoms with Gasteiger partial charge in [-0.15, -0.1) is 0 Å². The van der Waals surface area contributed by atoms with Crippen LogP contribution in [0.1, 0.15) is 49.9 Å². The molecule has 0 aliphatic carbocycles. The number of hydrogen-bond donors (Lipinski definition) is 2. The quantitative estimate of drug-likeness (QED) is 0.850. The Balaban J connectivity index is 2.02. The van der Waals surface area contributed by atoms with Crippen molar-refractivity contribution in [3.8, 4) is 0 Å². The fraction of sp³-hybridized carbons (Fsp3) is 0.533. The van der Waals surface area contributed by atoms with Gasteiger partial charge < -0.3 is 10.3 Å². The van der Waals surface area contributed by atoms with E-state index in [-0.39, 0.29) is 0 Å². The van der Waals surface area contributed by atoms with Gasteiger partial charge in [0.25, 0.3) is 0 Å².